The second kappa shape index (κ2) is 7.38. The summed E-state index contributed by atoms with van der Waals surface area (Å²) in [6, 6.07) is 6.89. The van der Waals surface area contributed by atoms with Crippen LogP contribution in [0.1, 0.15) is 30.7 Å². The van der Waals surface area contributed by atoms with Gasteiger partial charge in [0.1, 0.15) is 0 Å². The van der Waals surface area contributed by atoms with E-state index in [0.717, 1.165) is 12.1 Å². The Morgan fingerprint density at radius 2 is 2.04 bits per heavy atom. The molecule has 0 radical (unpaired) electrons. The largest absolute Gasteiger partial charge is 0.416 e. The minimum atomic E-state index is -4.38. The van der Waals surface area contributed by atoms with Crippen molar-refractivity contribution in [2.24, 2.45) is 0 Å². The number of amides is 1. The van der Waals surface area contributed by atoms with Crippen molar-refractivity contribution in [3.8, 4) is 0 Å². The number of carbonyl (C=O) groups excluding carboxylic acids is 1. The summed E-state index contributed by atoms with van der Waals surface area (Å²) in [5.41, 5.74) is 1.03. The zero-order valence-electron chi connectivity index (χ0n) is 14.9. The van der Waals surface area contributed by atoms with Crippen LogP contribution >= 0.6 is 0 Å². The second-order valence-corrected chi connectivity index (χ2v) is 6.61. The third-order valence-corrected chi connectivity index (χ3v) is 3.94. The zero-order chi connectivity index (χ0) is 19.6. The Kier molecular flexibility index (Phi) is 5.16. The van der Waals surface area contributed by atoms with Crippen LogP contribution in [-0.2, 0) is 23.9 Å². The fourth-order valence-electron chi connectivity index (χ4n) is 2.83. The first-order chi connectivity index (χ1) is 12.7. The molecule has 0 aliphatic rings. The van der Waals surface area contributed by atoms with Gasteiger partial charge in [0, 0.05) is 23.8 Å². The van der Waals surface area contributed by atoms with Crippen molar-refractivity contribution >= 4 is 16.8 Å². The molecule has 27 heavy (non-hydrogen) atoms. The summed E-state index contributed by atoms with van der Waals surface area (Å²) in [6.07, 6.45) is -0.987. The van der Waals surface area contributed by atoms with Gasteiger partial charge >= 0.3 is 6.18 Å². The number of benzene rings is 1. The monoisotopic (exact) mass is 376 g/mol. The van der Waals surface area contributed by atoms with Crippen LogP contribution < -0.4 is 5.32 Å². The lowest BCUT2D eigenvalue weighted by Gasteiger charge is -2.08. The Morgan fingerprint density at radius 1 is 1.26 bits per heavy atom. The number of hydrogen-bond acceptors (Lipinski definition) is 3. The fraction of sp³-hybridized carbons (Fsp3) is 0.316. The van der Waals surface area contributed by atoms with Gasteiger partial charge in [-0.05, 0) is 37.6 Å². The molecule has 0 spiro atoms. The van der Waals surface area contributed by atoms with Crippen LogP contribution in [0.3, 0.4) is 0 Å². The number of alkyl halides is 3. The molecular formula is C19H19F3N4O. The summed E-state index contributed by atoms with van der Waals surface area (Å²) in [6.45, 7) is 3.94. The molecule has 2 aromatic heterocycles. The lowest BCUT2D eigenvalue weighted by molar-refractivity contribution is -0.137. The molecule has 0 bridgehead atoms. The van der Waals surface area contributed by atoms with Crippen LogP contribution in [0.15, 0.2) is 42.7 Å². The van der Waals surface area contributed by atoms with Gasteiger partial charge in [-0.2, -0.15) is 18.3 Å². The average Bonchev–Trinajstić information content (AvgIpc) is 2.97. The van der Waals surface area contributed by atoms with Crippen LogP contribution in [0.5, 0.6) is 0 Å². The van der Waals surface area contributed by atoms with Crippen molar-refractivity contribution in [2.45, 2.75) is 39.0 Å². The van der Waals surface area contributed by atoms with Crippen molar-refractivity contribution in [1.29, 1.82) is 0 Å². The number of nitrogens with one attached hydrogen (secondary N) is 1. The molecule has 142 valence electrons. The maximum atomic E-state index is 12.9. The smallest absolute Gasteiger partial charge is 0.354 e. The molecule has 0 saturated carbocycles. The van der Waals surface area contributed by atoms with E-state index in [2.05, 4.69) is 15.4 Å². The van der Waals surface area contributed by atoms with E-state index in [1.165, 1.54) is 6.07 Å². The zero-order valence-corrected chi connectivity index (χ0v) is 14.9. The van der Waals surface area contributed by atoms with Gasteiger partial charge < -0.3 is 5.32 Å². The molecule has 1 aromatic carbocycles. The molecule has 0 unspecified atom stereocenters. The van der Waals surface area contributed by atoms with Gasteiger partial charge in [-0.3, -0.25) is 14.5 Å². The molecule has 2 heterocycles. The average molecular weight is 376 g/mol. The van der Waals surface area contributed by atoms with Crippen molar-refractivity contribution in [2.75, 3.05) is 0 Å². The molecule has 0 aliphatic carbocycles. The first-order valence-electron chi connectivity index (χ1n) is 8.49. The highest BCUT2D eigenvalue weighted by atomic mass is 19.4. The summed E-state index contributed by atoms with van der Waals surface area (Å²) in [5, 5.41) is 7.91. The minimum absolute atomic E-state index is 0.0281. The maximum absolute atomic E-state index is 12.9. The lowest BCUT2D eigenvalue weighted by atomic mass is 10.1. The molecule has 3 aromatic rings. The highest BCUT2D eigenvalue weighted by Crippen LogP contribution is 2.29. The van der Waals surface area contributed by atoms with E-state index in [4.69, 9.17) is 0 Å². The third-order valence-electron chi connectivity index (χ3n) is 3.94. The third kappa shape index (κ3) is 4.64. The van der Waals surface area contributed by atoms with E-state index < -0.39 is 11.7 Å². The number of nitrogens with zero attached hydrogens (tertiary/aromatic N) is 3. The van der Waals surface area contributed by atoms with E-state index in [0.29, 0.717) is 22.2 Å². The van der Waals surface area contributed by atoms with Crippen LogP contribution in [0.4, 0.5) is 13.2 Å². The molecule has 1 N–H and O–H groups in total. The standard InChI is InChI=1S/C19H19F3N4O/c1-12(2)24-18(27)9-17-15-11-26(25-16(15)6-7-23-17)10-13-4-3-5-14(8-13)19(20,21)22/h3-8,11-12H,9-10H2,1-2H3,(H,24,27). The number of hydrogen-bond donors (Lipinski definition) is 1. The number of rotatable bonds is 5. The minimum Gasteiger partial charge on any atom is -0.354 e. The fourth-order valence-corrected chi connectivity index (χ4v) is 2.83. The number of pyridine rings is 1. The Balaban J connectivity index is 1.85. The van der Waals surface area contributed by atoms with Crippen LogP contribution in [0.25, 0.3) is 10.9 Å². The first kappa shape index (κ1) is 18.9. The van der Waals surface area contributed by atoms with Gasteiger partial charge in [0.25, 0.3) is 0 Å². The summed E-state index contributed by atoms with van der Waals surface area (Å²) in [7, 11) is 0. The molecule has 0 atom stereocenters. The summed E-state index contributed by atoms with van der Waals surface area (Å²) in [5.74, 6) is -0.143. The number of aromatic nitrogens is 3. The molecule has 5 nitrogen and oxygen atoms in total. The summed E-state index contributed by atoms with van der Waals surface area (Å²) >= 11 is 0. The molecule has 0 saturated heterocycles. The molecule has 3 rings (SSSR count). The number of fused-ring (bicyclic) bond motifs is 1. The number of carbonyl (C=O) groups is 1. The van der Waals surface area contributed by atoms with E-state index in [1.807, 2.05) is 13.8 Å². The Labute approximate surface area is 154 Å². The Bertz CT molecular complexity index is 963. The highest BCUT2D eigenvalue weighted by molar-refractivity contribution is 5.86. The molecule has 1 amide bonds. The summed E-state index contributed by atoms with van der Waals surface area (Å²) < 4.78 is 40.2. The van der Waals surface area contributed by atoms with Crippen LogP contribution in [-0.4, -0.2) is 26.7 Å². The number of halogens is 3. The van der Waals surface area contributed by atoms with Gasteiger partial charge in [0.15, 0.2) is 0 Å². The Hall–Kier alpha value is -2.90. The normalized spacial score (nSPS) is 11.9. The quantitative estimate of drug-likeness (QED) is 0.741. The van der Waals surface area contributed by atoms with E-state index in [-0.39, 0.29) is 24.9 Å². The van der Waals surface area contributed by atoms with Gasteiger partial charge in [-0.15, -0.1) is 0 Å². The lowest BCUT2D eigenvalue weighted by Crippen LogP contribution is -2.31. The second-order valence-electron chi connectivity index (χ2n) is 6.61. The van der Waals surface area contributed by atoms with E-state index in [9.17, 15) is 18.0 Å². The van der Waals surface area contributed by atoms with Gasteiger partial charge in [0.2, 0.25) is 5.91 Å². The predicted molar refractivity (Wildman–Crippen MR) is 95.1 cm³/mol. The van der Waals surface area contributed by atoms with Gasteiger partial charge in [-0.25, -0.2) is 0 Å². The topological polar surface area (TPSA) is 59.8 Å². The highest BCUT2D eigenvalue weighted by Gasteiger charge is 2.30. The van der Waals surface area contributed by atoms with E-state index >= 15 is 0 Å². The van der Waals surface area contributed by atoms with Crippen molar-refractivity contribution in [1.82, 2.24) is 20.1 Å². The molecule has 0 fully saturated rings. The van der Waals surface area contributed by atoms with Gasteiger partial charge in [0.05, 0.1) is 29.7 Å². The van der Waals surface area contributed by atoms with Crippen LogP contribution in [0, 0.1) is 0 Å². The maximum Gasteiger partial charge on any atom is 0.416 e. The van der Waals surface area contributed by atoms with Gasteiger partial charge in [-0.1, -0.05) is 12.1 Å². The summed E-state index contributed by atoms with van der Waals surface area (Å²) in [4.78, 5) is 16.3. The SMILES string of the molecule is CC(C)NC(=O)Cc1nccc2nn(Cc3cccc(C(F)(F)F)c3)cc12. The molecular weight excluding hydrogens is 357 g/mol. The molecule has 0 aliphatic heterocycles. The predicted octanol–water partition coefficient (Wildman–Crippen LogP) is 3.57. The van der Waals surface area contributed by atoms with Crippen molar-refractivity contribution < 1.29 is 18.0 Å². The van der Waals surface area contributed by atoms with E-state index in [1.54, 1.807) is 29.2 Å². The molecule has 8 heteroatoms. The van der Waals surface area contributed by atoms with Crippen molar-refractivity contribution in [3.63, 3.8) is 0 Å². The van der Waals surface area contributed by atoms with Crippen LogP contribution in [0.2, 0.25) is 0 Å². The van der Waals surface area contributed by atoms with Crippen molar-refractivity contribution in [3.05, 3.63) is 59.5 Å². The Morgan fingerprint density at radius 3 is 2.74 bits per heavy atom. The first-order valence-corrected chi connectivity index (χ1v) is 8.49.